The third-order valence-electron chi connectivity index (χ3n) is 3.89. The zero-order valence-electron chi connectivity index (χ0n) is 14.9. The van der Waals surface area contributed by atoms with Crippen LogP contribution in [0, 0.1) is 0 Å². The predicted octanol–water partition coefficient (Wildman–Crippen LogP) is 3.26. The van der Waals surface area contributed by atoms with Gasteiger partial charge in [-0.2, -0.15) is 18.0 Å². The number of tetrazole rings is 1. The van der Waals surface area contributed by atoms with Gasteiger partial charge in [-0.15, -0.1) is 10.2 Å². The molecule has 1 heterocycles. The second kappa shape index (κ2) is 7.67. The molecule has 0 aliphatic carbocycles. The number of hydrogen-bond donors (Lipinski definition) is 0. The fraction of sp³-hybridized carbons (Fsp3) is 0.222. The molecule has 28 heavy (non-hydrogen) atoms. The van der Waals surface area contributed by atoms with Crippen LogP contribution in [0.25, 0.3) is 11.4 Å². The summed E-state index contributed by atoms with van der Waals surface area (Å²) in [4.78, 5) is 13.6. The molecule has 0 radical (unpaired) electrons. The molecule has 0 atom stereocenters. The Morgan fingerprint density at radius 3 is 2.57 bits per heavy atom. The van der Waals surface area contributed by atoms with E-state index in [2.05, 4.69) is 15.4 Å². The molecular formula is C18H15F3N4O3. The Bertz CT molecular complexity index is 1000. The molecule has 10 heteroatoms. The molecule has 146 valence electrons. The van der Waals surface area contributed by atoms with Gasteiger partial charge >= 0.3 is 6.18 Å². The van der Waals surface area contributed by atoms with Crippen LogP contribution in [0.1, 0.15) is 15.9 Å². The fourth-order valence-electron chi connectivity index (χ4n) is 2.51. The standard InChI is InChI=1S/C18H15F3N4O3/c1-27-13-6-7-16(28-2)14(9-13)15(26)10-25-23-17(22-24-25)11-4-3-5-12(8-11)18(19,20)21/h3-9H,10H2,1-2H3. The van der Waals surface area contributed by atoms with Gasteiger partial charge in [0, 0.05) is 5.56 Å². The lowest BCUT2D eigenvalue weighted by molar-refractivity contribution is -0.137. The number of benzene rings is 2. The van der Waals surface area contributed by atoms with Gasteiger partial charge in [-0.3, -0.25) is 4.79 Å². The summed E-state index contributed by atoms with van der Waals surface area (Å²) in [5.74, 6) is 0.435. The molecule has 0 spiro atoms. The number of alkyl halides is 3. The average molecular weight is 392 g/mol. The first-order valence-corrected chi connectivity index (χ1v) is 8.02. The quantitative estimate of drug-likeness (QED) is 0.599. The van der Waals surface area contributed by atoms with Gasteiger partial charge in [-0.1, -0.05) is 12.1 Å². The molecule has 0 aliphatic heterocycles. The molecule has 0 fully saturated rings. The third kappa shape index (κ3) is 4.11. The van der Waals surface area contributed by atoms with Crippen molar-refractivity contribution in [2.75, 3.05) is 14.2 Å². The number of ketones is 1. The van der Waals surface area contributed by atoms with E-state index in [1.54, 1.807) is 12.1 Å². The van der Waals surface area contributed by atoms with Gasteiger partial charge in [0.05, 0.1) is 25.3 Å². The first-order valence-electron chi connectivity index (χ1n) is 8.02. The lowest BCUT2D eigenvalue weighted by Crippen LogP contribution is -2.14. The maximum Gasteiger partial charge on any atom is 0.416 e. The van der Waals surface area contributed by atoms with Gasteiger partial charge in [-0.05, 0) is 35.5 Å². The number of carbonyl (C=O) groups is 1. The topological polar surface area (TPSA) is 79.1 Å². The van der Waals surface area contributed by atoms with Crippen molar-refractivity contribution in [1.82, 2.24) is 20.2 Å². The van der Waals surface area contributed by atoms with Gasteiger partial charge < -0.3 is 9.47 Å². The summed E-state index contributed by atoms with van der Waals surface area (Å²) in [6.07, 6.45) is -4.48. The van der Waals surface area contributed by atoms with E-state index in [9.17, 15) is 18.0 Å². The molecule has 3 aromatic rings. The van der Waals surface area contributed by atoms with E-state index in [1.807, 2.05) is 0 Å². The van der Waals surface area contributed by atoms with Crippen molar-refractivity contribution in [2.45, 2.75) is 12.7 Å². The van der Waals surface area contributed by atoms with Crippen LogP contribution in [0.3, 0.4) is 0 Å². The predicted molar refractivity (Wildman–Crippen MR) is 92.1 cm³/mol. The van der Waals surface area contributed by atoms with Crippen LogP contribution in [0.5, 0.6) is 11.5 Å². The van der Waals surface area contributed by atoms with Gasteiger partial charge in [0.2, 0.25) is 5.82 Å². The number of hydrogen-bond acceptors (Lipinski definition) is 6. The number of aromatic nitrogens is 4. The Morgan fingerprint density at radius 1 is 1.11 bits per heavy atom. The zero-order valence-corrected chi connectivity index (χ0v) is 14.9. The third-order valence-corrected chi connectivity index (χ3v) is 3.89. The fourth-order valence-corrected chi connectivity index (χ4v) is 2.51. The first-order chi connectivity index (χ1) is 13.3. The molecule has 0 saturated carbocycles. The normalized spacial score (nSPS) is 11.3. The maximum atomic E-state index is 12.9. The zero-order chi connectivity index (χ0) is 20.3. The average Bonchev–Trinajstić information content (AvgIpc) is 3.15. The van der Waals surface area contributed by atoms with E-state index in [4.69, 9.17) is 9.47 Å². The monoisotopic (exact) mass is 392 g/mol. The van der Waals surface area contributed by atoms with Crippen LogP contribution >= 0.6 is 0 Å². The summed E-state index contributed by atoms with van der Waals surface area (Å²) in [7, 11) is 2.90. The molecule has 7 nitrogen and oxygen atoms in total. The summed E-state index contributed by atoms with van der Waals surface area (Å²) in [5, 5.41) is 11.5. The van der Waals surface area contributed by atoms with Crippen molar-refractivity contribution < 1.29 is 27.4 Å². The van der Waals surface area contributed by atoms with Crippen LogP contribution in [-0.2, 0) is 12.7 Å². The van der Waals surface area contributed by atoms with E-state index < -0.39 is 11.7 Å². The second-order valence-corrected chi connectivity index (χ2v) is 5.71. The number of Topliss-reactive ketones (excluding diaryl/α,β-unsaturated/α-hetero) is 1. The van der Waals surface area contributed by atoms with Crippen LogP contribution in [0.4, 0.5) is 13.2 Å². The number of carbonyl (C=O) groups excluding carboxylic acids is 1. The smallest absolute Gasteiger partial charge is 0.416 e. The van der Waals surface area contributed by atoms with Gasteiger partial charge in [0.15, 0.2) is 5.78 Å². The van der Waals surface area contributed by atoms with Crippen molar-refractivity contribution in [3.05, 3.63) is 53.6 Å². The van der Waals surface area contributed by atoms with E-state index in [-0.39, 0.29) is 29.3 Å². The largest absolute Gasteiger partial charge is 0.497 e. The molecule has 0 N–H and O–H groups in total. The van der Waals surface area contributed by atoms with Crippen LogP contribution in [0.2, 0.25) is 0 Å². The Hall–Kier alpha value is -3.43. The number of nitrogens with zero attached hydrogens (tertiary/aromatic N) is 4. The minimum absolute atomic E-state index is 0.0171. The number of halogens is 3. The van der Waals surface area contributed by atoms with Crippen molar-refractivity contribution in [1.29, 1.82) is 0 Å². The summed E-state index contributed by atoms with van der Waals surface area (Å²) in [5.41, 5.74) is -0.411. The SMILES string of the molecule is COc1ccc(OC)c(C(=O)Cn2nnc(-c3cccc(C(F)(F)F)c3)n2)c1. The number of rotatable bonds is 6. The van der Waals surface area contributed by atoms with Crippen molar-refractivity contribution >= 4 is 5.78 Å². The van der Waals surface area contributed by atoms with Crippen molar-refractivity contribution in [3.8, 4) is 22.9 Å². The highest BCUT2D eigenvalue weighted by Gasteiger charge is 2.30. The molecule has 0 unspecified atom stereocenters. The van der Waals surface area contributed by atoms with E-state index in [1.165, 1.54) is 32.4 Å². The van der Waals surface area contributed by atoms with Crippen LogP contribution in [0.15, 0.2) is 42.5 Å². The van der Waals surface area contributed by atoms with Crippen LogP contribution in [-0.4, -0.2) is 40.2 Å². The minimum atomic E-state index is -4.48. The van der Waals surface area contributed by atoms with Crippen molar-refractivity contribution in [3.63, 3.8) is 0 Å². The highest BCUT2D eigenvalue weighted by atomic mass is 19.4. The van der Waals surface area contributed by atoms with Crippen LogP contribution < -0.4 is 9.47 Å². The lowest BCUT2D eigenvalue weighted by atomic mass is 10.1. The Kier molecular flexibility index (Phi) is 5.30. The Balaban J connectivity index is 1.83. The van der Waals surface area contributed by atoms with Crippen molar-refractivity contribution in [2.24, 2.45) is 0 Å². The van der Waals surface area contributed by atoms with E-state index >= 15 is 0 Å². The molecule has 0 bridgehead atoms. The molecule has 1 aromatic heterocycles. The first kappa shape index (κ1) is 19.3. The summed E-state index contributed by atoms with van der Waals surface area (Å²) >= 11 is 0. The number of methoxy groups -OCH3 is 2. The summed E-state index contributed by atoms with van der Waals surface area (Å²) < 4.78 is 48.8. The lowest BCUT2D eigenvalue weighted by Gasteiger charge is -2.09. The van der Waals surface area contributed by atoms with Gasteiger partial charge in [-0.25, -0.2) is 0 Å². The molecule has 0 aliphatic rings. The Labute approximate surface area is 157 Å². The molecule has 0 amide bonds. The molecule has 0 saturated heterocycles. The highest BCUT2D eigenvalue weighted by Crippen LogP contribution is 2.31. The molecular weight excluding hydrogens is 377 g/mol. The van der Waals surface area contributed by atoms with E-state index in [0.29, 0.717) is 11.5 Å². The minimum Gasteiger partial charge on any atom is -0.497 e. The number of ether oxygens (including phenoxy) is 2. The van der Waals surface area contributed by atoms with Gasteiger partial charge in [0.25, 0.3) is 0 Å². The maximum absolute atomic E-state index is 12.9. The highest BCUT2D eigenvalue weighted by molar-refractivity contribution is 5.98. The Morgan fingerprint density at radius 2 is 1.89 bits per heavy atom. The molecule has 3 rings (SSSR count). The second-order valence-electron chi connectivity index (χ2n) is 5.71. The summed E-state index contributed by atoms with van der Waals surface area (Å²) in [6, 6.07) is 9.32. The summed E-state index contributed by atoms with van der Waals surface area (Å²) in [6.45, 7) is -0.268. The van der Waals surface area contributed by atoms with E-state index in [0.717, 1.165) is 16.9 Å². The van der Waals surface area contributed by atoms with Gasteiger partial charge in [0.1, 0.15) is 18.0 Å². The molecule has 2 aromatic carbocycles.